The Morgan fingerprint density at radius 2 is 1.96 bits per heavy atom. The van der Waals surface area contributed by atoms with Crippen LogP contribution in [0.4, 0.5) is 0 Å². The number of benzene rings is 2. The lowest BCUT2D eigenvalue weighted by atomic mass is 9.92. The van der Waals surface area contributed by atoms with E-state index < -0.39 is 10.0 Å². The summed E-state index contributed by atoms with van der Waals surface area (Å²) >= 11 is 0. The van der Waals surface area contributed by atoms with Crippen molar-refractivity contribution in [1.82, 2.24) is 9.71 Å². The summed E-state index contributed by atoms with van der Waals surface area (Å²) in [5.74, 6) is 0.673. The van der Waals surface area contributed by atoms with Gasteiger partial charge in [0.25, 0.3) is 0 Å². The molecule has 0 fully saturated rings. The van der Waals surface area contributed by atoms with Crippen molar-refractivity contribution in [3.63, 3.8) is 0 Å². The van der Waals surface area contributed by atoms with E-state index in [-0.39, 0.29) is 10.9 Å². The van der Waals surface area contributed by atoms with Crippen LogP contribution in [0.2, 0.25) is 0 Å². The molecule has 5 nitrogen and oxygen atoms in total. The molecule has 2 N–H and O–H groups in total. The minimum atomic E-state index is -3.55. The molecule has 2 aromatic carbocycles. The van der Waals surface area contributed by atoms with Crippen molar-refractivity contribution in [3.8, 4) is 5.75 Å². The maximum absolute atomic E-state index is 12.7. The zero-order chi connectivity index (χ0) is 19.0. The van der Waals surface area contributed by atoms with Crippen LogP contribution in [0.25, 0.3) is 10.9 Å². The molecule has 0 saturated carbocycles. The third-order valence-corrected chi connectivity index (χ3v) is 6.65. The third kappa shape index (κ3) is 3.59. The smallest absolute Gasteiger partial charge is 0.240 e. The van der Waals surface area contributed by atoms with Crippen LogP contribution in [0.5, 0.6) is 5.75 Å². The van der Waals surface area contributed by atoms with Crippen LogP contribution in [-0.2, 0) is 22.9 Å². The van der Waals surface area contributed by atoms with Crippen LogP contribution < -0.4 is 9.46 Å². The maximum atomic E-state index is 12.7. The van der Waals surface area contributed by atoms with Crippen LogP contribution in [0, 0.1) is 6.92 Å². The second-order valence-corrected chi connectivity index (χ2v) is 8.81. The topological polar surface area (TPSA) is 71.2 Å². The molecule has 0 saturated heterocycles. The second-order valence-electron chi connectivity index (χ2n) is 7.10. The van der Waals surface area contributed by atoms with Crippen molar-refractivity contribution in [2.75, 3.05) is 6.61 Å². The number of aromatic amines is 1. The van der Waals surface area contributed by atoms with Gasteiger partial charge in [-0.25, -0.2) is 13.1 Å². The second kappa shape index (κ2) is 7.02. The molecule has 1 aliphatic rings. The van der Waals surface area contributed by atoms with Gasteiger partial charge in [-0.2, -0.15) is 0 Å². The van der Waals surface area contributed by atoms with Crippen molar-refractivity contribution in [2.45, 2.75) is 44.0 Å². The molecule has 0 radical (unpaired) electrons. The molecule has 6 heteroatoms. The van der Waals surface area contributed by atoms with E-state index in [0.717, 1.165) is 24.1 Å². The minimum Gasteiger partial charge on any atom is -0.494 e. The van der Waals surface area contributed by atoms with Gasteiger partial charge in [0.15, 0.2) is 0 Å². The van der Waals surface area contributed by atoms with E-state index in [9.17, 15) is 8.42 Å². The first-order chi connectivity index (χ1) is 13.0. The van der Waals surface area contributed by atoms with Crippen molar-refractivity contribution in [2.24, 2.45) is 0 Å². The van der Waals surface area contributed by atoms with Crippen LogP contribution in [-0.4, -0.2) is 26.1 Å². The number of aryl methyl sites for hydroxylation is 2. The van der Waals surface area contributed by atoms with Gasteiger partial charge in [-0.05, 0) is 68.7 Å². The number of sulfonamides is 1. The van der Waals surface area contributed by atoms with Gasteiger partial charge in [0.1, 0.15) is 5.75 Å². The van der Waals surface area contributed by atoms with Gasteiger partial charge < -0.3 is 9.72 Å². The van der Waals surface area contributed by atoms with Gasteiger partial charge in [-0.1, -0.05) is 11.6 Å². The highest BCUT2D eigenvalue weighted by Gasteiger charge is 2.26. The summed E-state index contributed by atoms with van der Waals surface area (Å²) in [7, 11) is -3.55. The van der Waals surface area contributed by atoms with Crippen LogP contribution in [0.1, 0.15) is 30.2 Å². The molecule has 0 aliphatic heterocycles. The molecule has 1 unspecified atom stereocenters. The Kier molecular flexibility index (Phi) is 4.70. The van der Waals surface area contributed by atoms with Gasteiger partial charge in [0, 0.05) is 29.1 Å². The van der Waals surface area contributed by atoms with E-state index in [0.29, 0.717) is 18.8 Å². The lowest BCUT2D eigenvalue weighted by Gasteiger charge is -2.23. The fourth-order valence-corrected chi connectivity index (χ4v) is 5.08. The van der Waals surface area contributed by atoms with Crippen molar-refractivity contribution in [1.29, 1.82) is 0 Å². The van der Waals surface area contributed by atoms with Gasteiger partial charge in [0.05, 0.1) is 11.5 Å². The maximum Gasteiger partial charge on any atom is 0.240 e. The van der Waals surface area contributed by atoms with Crippen LogP contribution >= 0.6 is 0 Å². The highest BCUT2D eigenvalue weighted by atomic mass is 32.2. The molecule has 1 heterocycles. The van der Waals surface area contributed by atoms with E-state index in [1.807, 2.05) is 6.92 Å². The number of ether oxygens (including phenoxy) is 1. The number of hydrogen-bond donors (Lipinski definition) is 2. The predicted molar refractivity (Wildman–Crippen MR) is 107 cm³/mol. The molecule has 27 heavy (non-hydrogen) atoms. The first-order valence-electron chi connectivity index (χ1n) is 9.31. The summed E-state index contributed by atoms with van der Waals surface area (Å²) in [6.07, 6.45) is 2.35. The van der Waals surface area contributed by atoms with E-state index in [1.54, 1.807) is 24.3 Å². The largest absolute Gasteiger partial charge is 0.494 e. The Bertz CT molecular complexity index is 1070. The summed E-state index contributed by atoms with van der Waals surface area (Å²) in [5, 5.41) is 1.26. The van der Waals surface area contributed by atoms with E-state index in [4.69, 9.17) is 4.74 Å². The normalized spacial score (nSPS) is 17.0. The first-order valence-corrected chi connectivity index (χ1v) is 10.8. The SMILES string of the molecule is CCOc1ccc(S(=O)(=O)NC2CCc3c([nH]c4ccc(C)cc34)C2)cc1. The van der Waals surface area contributed by atoms with E-state index in [1.165, 1.54) is 16.5 Å². The Morgan fingerprint density at radius 1 is 1.19 bits per heavy atom. The summed E-state index contributed by atoms with van der Waals surface area (Å²) in [4.78, 5) is 3.74. The molecule has 1 atom stereocenters. The Morgan fingerprint density at radius 3 is 2.70 bits per heavy atom. The zero-order valence-electron chi connectivity index (χ0n) is 15.6. The average Bonchev–Trinajstić information content (AvgIpc) is 2.99. The third-order valence-electron chi connectivity index (χ3n) is 5.11. The van der Waals surface area contributed by atoms with Gasteiger partial charge in [0.2, 0.25) is 10.0 Å². The number of nitrogens with one attached hydrogen (secondary N) is 2. The minimum absolute atomic E-state index is 0.108. The fourth-order valence-electron chi connectivity index (χ4n) is 3.81. The standard InChI is InChI=1S/C21H24N2O3S/c1-3-26-16-6-8-17(9-7-16)27(24,25)23-15-5-10-18-19-12-14(2)4-11-20(19)22-21(18)13-15/h4,6-9,11-12,15,22-23H,3,5,10,13H2,1-2H3. The molecular formula is C21H24N2O3S. The van der Waals surface area contributed by atoms with Gasteiger partial charge in [-0.3, -0.25) is 0 Å². The Hall–Kier alpha value is -2.31. The molecule has 1 aromatic heterocycles. The number of rotatable bonds is 5. The zero-order valence-corrected chi connectivity index (χ0v) is 16.4. The molecule has 3 aromatic rings. The highest BCUT2D eigenvalue weighted by Crippen LogP contribution is 2.30. The first kappa shape index (κ1) is 18.1. The van der Waals surface area contributed by atoms with Crippen LogP contribution in [0.15, 0.2) is 47.4 Å². The van der Waals surface area contributed by atoms with Crippen molar-refractivity contribution in [3.05, 3.63) is 59.3 Å². The lowest BCUT2D eigenvalue weighted by Crippen LogP contribution is -2.38. The molecule has 0 spiro atoms. The highest BCUT2D eigenvalue weighted by molar-refractivity contribution is 7.89. The molecule has 4 rings (SSSR count). The van der Waals surface area contributed by atoms with Gasteiger partial charge in [-0.15, -0.1) is 0 Å². The molecule has 142 valence electrons. The monoisotopic (exact) mass is 384 g/mol. The lowest BCUT2D eigenvalue weighted by molar-refractivity contribution is 0.340. The van der Waals surface area contributed by atoms with Gasteiger partial charge >= 0.3 is 0 Å². The fraction of sp³-hybridized carbons (Fsp3) is 0.333. The van der Waals surface area contributed by atoms with Crippen molar-refractivity contribution >= 4 is 20.9 Å². The summed E-state index contributed by atoms with van der Waals surface area (Å²) in [6, 6.07) is 12.9. The predicted octanol–water partition coefficient (Wildman–Crippen LogP) is 3.71. The Labute approximate surface area is 159 Å². The molecule has 1 aliphatic carbocycles. The Balaban J connectivity index is 1.53. The molecule has 0 amide bonds. The number of H-pyrrole nitrogens is 1. The number of hydrogen-bond acceptors (Lipinski definition) is 3. The summed E-state index contributed by atoms with van der Waals surface area (Å²) in [5.41, 5.74) is 4.83. The van der Waals surface area contributed by atoms with Crippen LogP contribution in [0.3, 0.4) is 0 Å². The molecule has 0 bridgehead atoms. The summed E-state index contributed by atoms with van der Waals surface area (Å²) < 4.78 is 33.7. The van der Waals surface area contributed by atoms with Crippen molar-refractivity contribution < 1.29 is 13.2 Å². The van der Waals surface area contributed by atoms with E-state index >= 15 is 0 Å². The molecular weight excluding hydrogens is 360 g/mol. The summed E-state index contributed by atoms with van der Waals surface area (Å²) in [6.45, 7) is 4.54. The quantitative estimate of drug-likeness (QED) is 0.704. The average molecular weight is 385 g/mol. The van der Waals surface area contributed by atoms with E-state index in [2.05, 4.69) is 34.8 Å². The number of fused-ring (bicyclic) bond motifs is 3. The number of aromatic nitrogens is 1.